The lowest BCUT2D eigenvalue weighted by molar-refractivity contribution is -0.119. The van der Waals surface area contributed by atoms with Crippen LogP contribution < -0.4 is 9.62 Å². The number of carbonyl (C=O) groups is 2. The summed E-state index contributed by atoms with van der Waals surface area (Å²) in [6.45, 7) is 4.27. The van der Waals surface area contributed by atoms with Gasteiger partial charge in [0.15, 0.2) is 0 Å². The van der Waals surface area contributed by atoms with Crippen LogP contribution in [0.3, 0.4) is 0 Å². The van der Waals surface area contributed by atoms with Crippen molar-refractivity contribution in [3.05, 3.63) is 29.8 Å². The van der Waals surface area contributed by atoms with E-state index in [2.05, 4.69) is 10.2 Å². The van der Waals surface area contributed by atoms with Gasteiger partial charge in [0.1, 0.15) is 6.54 Å². The van der Waals surface area contributed by atoms with E-state index >= 15 is 0 Å². The van der Waals surface area contributed by atoms with Crippen molar-refractivity contribution in [1.29, 1.82) is 0 Å². The maximum atomic E-state index is 12.3. The molecule has 0 spiro atoms. The van der Waals surface area contributed by atoms with Gasteiger partial charge in [-0.15, -0.1) is 0 Å². The number of nitrogens with zero attached hydrogens (tertiary/aromatic N) is 3. The summed E-state index contributed by atoms with van der Waals surface area (Å²) >= 11 is 0. The summed E-state index contributed by atoms with van der Waals surface area (Å²) in [5, 5.41) is 2.78. The van der Waals surface area contributed by atoms with Gasteiger partial charge in [0, 0.05) is 39.3 Å². The summed E-state index contributed by atoms with van der Waals surface area (Å²) in [5.41, 5.74) is 0.783. The van der Waals surface area contributed by atoms with Gasteiger partial charge in [-0.25, -0.2) is 8.42 Å². The Hall–Kier alpha value is -2.17. The molecule has 0 radical (unpaired) electrons. The number of morpholine rings is 1. The molecular formula is C19H30N4O5S. The molecule has 162 valence electrons. The van der Waals surface area contributed by atoms with Gasteiger partial charge < -0.3 is 15.0 Å². The molecule has 9 nitrogen and oxygen atoms in total. The van der Waals surface area contributed by atoms with Crippen LogP contribution in [0.25, 0.3) is 0 Å². The fraction of sp³-hybridized carbons (Fsp3) is 0.579. The van der Waals surface area contributed by atoms with E-state index in [9.17, 15) is 18.0 Å². The molecule has 1 aliphatic heterocycles. The van der Waals surface area contributed by atoms with E-state index in [1.165, 1.54) is 17.0 Å². The van der Waals surface area contributed by atoms with Crippen molar-refractivity contribution < 1.29 is 22.7 Å². The lowest BCUT2D eigenvalue weighted by Crippen LogP contribution is -2.42. The average molecular weight is 427 g/mol. The third-order valence-corrected chi connectivity index (χ3v) is 5.71. The molecule has 0 aromatic heterocycles. The molecule has 2 amide bonds. The van der Waals surface area contributed by atoms with Crippen LogP contribution in [-0.2, 0) is 19.6 Å². The number of amides is 2. The summed E-state index contributed by atoms with van der Waals surface area (Å²) in [5.74, 6) is -0.550. The Kier molecular flexibility index (Phi) is 8.42. The Morgan fingerprint density at radius 1 is 1.14 bits per heavy atom. The van der Waals surface area contributed by atoms with Crippen molar-refractivity contribution in [3.8, 4) is 0 Å². The van der Waals surface area contributed by atoms with Crippen LogP contribution in [-0.4, -0.2) is 96.3 Å². The molecular weight excluding hydrogens is 396 g/mol. The first-order chi connectivity index (χ1) is 13.7. The first kappa shape index (κ1) is 23.1. The predicted octanol–water partition coefficient (Wildman–Crippen LogP) is -0.00710. The van der Waals surface area contributed by atoms with E-state index in [4.69, 9.17) is 4.74 Å². The zero-order valence-corrected chi connectivity index (χ0v) is 18.1. The first-order valence-electron chi connectivity index (χ1n) is 9.54. The quantitative estimate of drug-likeness (QED) is 0.558. The Bertz CT molecular complexity index is 789. The second kappa shape index (κ2) is 10.6. The molecule has 1 N–H and O–H groups in total. The molecule has 2 rings (SSSR count). The topological polar surface area (TPSA) is 99.3 Å². The van der Waals surface area contributed by atoms with Crippen molar-refractivity contribution >= 4 is 27.5 Å². The van der Waals surface area contributed by atoms with E-state index in [1.54, 1.807) is 26.2 Å². The van der Waals surface area contributed by atoms with Crippen LogP contribution in [0, 0.1) is 0 Å². The Morgan fingerprint density at radius 2 is 1.76 bits per heavy atom. The lowest BCUT2D eigenvalue weighted by Gasteiger charge is -2.26. The Balaban J connectivity index is 1.91. The molecule has 0 aliphatic carbocycles. The van der Waals surface area contributed by atoms with Crippen molar-refractivity contribution in [3.63, 3.8) is 0 Å². The number of carbonyl (C=O) groups excluding carboxylic acids is 2. The third-order valence-electron chi connectivity index (χ3n) is 4.57. The van der Waals surface area contributed by atoms with Gasteiger partial charge in [0.2, 0.25) is 15.9 Å². The standard InChI is InChI=1S/C19H30N4O5S/c1-21(2)19(25)16-5-7-17(8-6-16)23(29(3,26)27)15-18(24)20-9-4-10-22-11-13-28-14-12-22/h5-8H,4,9-15H2,1-3H3,(H,20,24). The van der Waals surface area contributed by atoms with E-state index in [0.717, 1.165) is 49.8 Å². The van der Waals surface area contributed by atoms with Crippen LogP contribution in [0.1, 0.15) is 16.8 Å². The molecule has 0 atom stereocenters. The van der Waals surface area contributed by atoms with Gasteiger partial charge in [0.05, 0.1) is 25.2 Å². The van der Waals surface area contributed by atoms with Crippen molar-refractivity contribution in [2.24, 2.45) is 0 Å². The average Bonchev–Trinajstić information content (AvgIpc) is 2.69. The molecule has 1 aliphatic rings. The molecule has 10 heteroatoms. The second-order valence-electron chi connectivity index (χ2n) is 7.17. The fourth-order valence-electron chi connectivity index (χ4n) is 2.97. The highest BCUT2D eigenvalue weighted by Gasteiger charge is 2.21. The van der Waals surface area contributed by atoms with Crippen LogP contribution in [0.4, 0.5) is 5.69 Å². The number of hydrogen-bond acceptors (Lipinski definition) is 6. The largest absolute Gasteiger partial charge is 0.379 e. The van der Waals surface area contributed by atoms with E-state index in [1.807, 2.05) is 0 Å². The summed E-state index contributed by atoms with van der Waals surface area (Å²) in [6.07, 6.45) is 1.84. The van der Waals surface area contributed by atoms with Crippen LogP contribution in [0.5, 0.6) is 0 Å². The number of benzene rings is 1. The monoisotopic (exact) mass is 426 g/mol. The van der Waals surface area contributed by atoms with Crippen LogP contribution in [0.2, 0.25) is 0 Å². The zero-order chi connectivity index (χ0) is 21.4. The highest BCUT2D eigenvalue weighted by Crippen LogP contribution is 2.18. The van der Waals surface area contributed by atoms with Gasteiger partial charge in [-0.05, 0) is 37.2 Å². The van der Waals surface area contributed by atoms with E-state index < -0.39 is 10.0 Å². The highest BCUT2D eigenvalue weighted by molar-refractivity contribution is 7.92. The lowest BCUT2D eigenvalue weighted by atomic mass is 10.2. The Labute approximate surface area is 172 Å². The van der Waals surface area contributed by atoms with Crippen LogP contribution >= 0.6 is 0 Å². The van der Waals surface area contributed by atoms with Gasteiger partial charge in [0.25, 0.3) is 5.91 Å². The molecule has 1 heterocycles. The van der Waals surface area contributed by atoms with Crippen molar-refractivity contribution in [2.45, 2.75) is 6.42 Å². The number of anilines is 1. The smallest absolute Gasteiger partial charge is 0.253 e. The summed E-state index contributed by atoms with van der Waals surface area (Å²) in [6, 6.07) is 6.17. The minimum absolute atomic E-state index is 0.180. The highest BCUT2D eigenvalue weighted by atomic mass is 32.2. The van der Waals surface area contributed by atoms with Crippen molar-refractivity contribution in [1.82, 2.24) is 15.1 Å². The number of ether oxygens (including phenoxy) is 1. The second-order valence-corrected chi connectivity index (χ2v) is 9.08. The summed E-state index contributed by atoms with van der Waals surface area (Å²) < 4.78 is 30.7. The van der Waals surface area contributed by atoms with Crippen molar-refractivity contribution in [2.75, 3.05) is 70.6 Å². The predicted molar refractivity (Wildman–Crippen MR) is 112 cm³/mol. The summed E-state index contributed by atoms with van der Waals surface area (Å²) in [7, 11) is -0.373. The molecule has 1 aromatic rings. The number of nitrogens with one attached hydrogen (secondary N) is 1. The normalized spacial score (nSPS) is 15.0. The summed E-state index contributed by atoms with van der Waals surface area (Å²) in [4.78, 5) is 28.0. The van der Waals surface area contributed by atoms with E-state index in [-0.39, 0.29) is 18.4 Å². The number of rotatable bonds is 9. The minimum atomic E-state index is -3.66. The molecule has 1 fully saturated rings. The van der Waals surface area contributed by atoms with E-state index in [0.29, 0.717) is 17.8 Å². The number of hydrogen-bond donors (Lipinski definition) is 1. The molecule has 0 unspecified atom stereocenters. The molecule has 1 aromatic carbocycles. The molecule has 0 bridgehead atoms. The fourth-order valence-corrected chi connectivity index (χ4v) is 3.83. The maximum Gasteiger partial charge on any atom is 0.253 e. The number of sulfonamides is 1. The maximum absolute atomic E-state index is 12.3. The molecule has 1 saturated heterocycles. The van der Waals surface area contributed by atoms with Gasteiger partial charge in [-0.1, -0.05) is 0 Å². The molecule has 29 heavy (non-hydrogen) atoms. The minimum Gasteiger partial charge on any atom is -0.379 e. The zero-order valence-electron chi connectivity index (χ0n) is 17.3. The first-order valence-corrected chi connectivity index (χ1v) is 11.4. The van der Waals surface area contributed by atoms with Gasteiger partial charge in [-0.3, -0.25) is 18.8 Å². The molecule has 0 saturated carbocycles. The SMILES string of the molecule is CN(C)C(=O)c1ccc(N(CC(=O)NCCCN2CCOCC2)S(C)(=O)=O)cc1. The van der Waals surface area contributed by atoms with Crippen LogP contribution in [0.15, 0.2) is 24.3 Å². The van der Waals surface area contributed by atoms with Gasteiger partial charge >= 0.3 is 0 Å². The Morgan fingerprint density at radius 3 is 2.31 bits per heavy atom. The van der Waals surface area contributed by atoms with Gasteiger partial charge in [-0.2, -0.15) is 0 Å². The third kappa shape index (κ3) is 7.30.